The number of carbonyl (C=O) groups is 1. The van der Waals surface area contributed by atoms with Crippen molar-refractivity contribution in [2.24, 2.45) is 0 Å². The van der Waals surface area contributed by atoms with Crippen molar-refractivity contribution in [3.8, 4) is 5.75 Å². The molecule has 2 atom stereocenters. The van der Waals surface area contributed by atoms with Crippen LogP contribution < -0.4 is 10.1 Å². The molecular formula is C14H19NO4. The molecule has 0 radical (unpaired) electrons. The molecule has 1 aromatic rings. The average molecular weight is 265 g/mol. The van der Waals surface area contributed by atoms with E-state index in [1.807, 2.05) is 18.2 Å². The summed E-state index contributed by atoms with van der Waals surface area (Å²) in [6.07, 6.45) is 1.80. The third kappa shape index (κ3) is 3.05. The van der Waals surface area contributed by atoms with Crippen molar-refractivity contribution in [1.29, 1.82) is 0 Å². The summed E-state index contributed by atoms with van der Waals surface area (Å²) in [5, 5.41) is 11.9. The van der Waals surface area contributed by atoms with Gasteiger partial charge in [0.15, 0.2) is 0 Å². The number of hydrogen-bond donors (Lipinski definition) is 2. The minimum Gasteiger partial charge on any atom is -0.497 e. The number of methoxy groups -OCH3 is 2. The quantitative estimate of drug-likeness (QED) is 0.841. The molecule has 0 saturated carbocycles. The van der Waals surface area contributed by atoms with E-state index in [0.717, 1.165) is 24.2 Å². The Morgan fingerprint density at radius 2 is 2.26 bits per heavy atom. The maximum absolute atomic E-state index is 10.7. The van der Waals surface area contributed by atoms with Gasteiger partial charge >= 0.3 is 5.97 Å². The predicted molar refractivity (Wildman–Crippen MR) is 70.5 cm³/mol. The lowest BCUT2D eigenvalue weighted by atomic mass is 9.85. The van der Waals surface area contributed by atoms with E-state index in [1.54, 1.807) is 14.2 Å². The molecule has 104 valence electrons. The zero-order chi connectivity index (χ0) is 13.8. The van der Waals surface area contributed by atoms with Crippen LogP contribution in [0, 0.1) is 0 Å². The van der Waals surface area contributed by atoms with Crippen LogP contribution in [0.5, 0.6) is 5.75 Å². The summed E-state index contributed by atoms with van der Waals surface area (Å²) in [5.41, 5.74) is 2.29. The number of aliphatic carboxylic acids is 1. The largest absolute Gasteiger partial charge is 0.497 e. The molecule has 2 rings (SSSR count). The molecule has 0 aliphatic heterocycles. The highest BCUT2D eigenvalue weighted by Crippen LogP contribution is 2.33. The molecule has 1 aliphatic rings. The van der Waals surface area contributed by atoms with Gasteiger partial charge in [-0.1, -0.05) is 6.07 Å². The fraction of sp³-hybridized carbons (Fsp3) is 0.500. The fourth-order valence-electron chi connectivity index (χ4n) is 2.57. The van der Waals surface area contributed by atoms with E-state index in [4.69, 9.17) is 14.6 Å². The van der Waals surface area contributed by atoms with Crippen LogP contribution in [-0.4, -0.2) is 37.9 Å². The Balaban J connectivity index is 2.29. The van der Waals surface area contributed by atoms with Crippen LogP contribution >= 0.6 is 0 Å². The number of carboxylic acids is 1. The lowest BCUT2D eigenvalue weighted by Gasteiger charge is -2.33. The van der Waals surface area contributed by atoms with E-state index in [9.17, 15) is 4.79 Å². The van der Waals surface area contributed by atoms with Crippen LogP contribution in [0.3, 0.4) is 0 Å². The van der Waals surface area contributed by atoms with E-state index >= 15 is 0 Å². The van der Waals surface area contributed by atoms with Crippen molar-refractivity contribution in [2.75, 3.05) is 20.8 Å². The van der Waals surface area contributed by atoms with Gasteiger partial charge in [0.1, 0.15) is 5.75 Å². The van der Waals surface area contributed by atoms with Crippen molar-refractivity contribution in [1.82, 2.24) is 5.32 Å². The Morgan fingerprint density at radius 1 is 1.47 bits per heavy atom. The Labute approximate surface area is 112 Å². The first-order valence-corrected chi connectivity index (χ1v) is 6.30. The number of rotatable bonds is 5. The first-order valence-electron chi connectivity index (χ1n) is 6.30. The van der Waals surface area contributed by atoms with E-state index in [0.29, 0.717) is 0 Å². The summed E-state index contributed by atoms with van der Waals surface area (Å²) >= 11 is 0. The van der Waals surface area contributed by atoms with E-state index in [-0.39, 0.29) is 18.7 Å². The first kappa shape index (κ1) is 13.8. The molecular weight excluding hydrogens is 246 g/mol. The number of ether oxygens (including phenoxy) is 2. The van der Waals surface area contributed by atoms with Crippen LogP contribution in [0.15, 0.2) is 18.2 Å². The Morgan fingerprint density at radius 3 is 2.89 bits per heavy atom. The normalized spacial score (nSPS) is 21.8. The molecule has 5 heteroatoms. The highest BCUT2D eigenvalue weighted by Gasteiger charge is 2.30. The average Bonchev–Trinajstić information content (AvgIpc) is 2.43. The molecule has 0 amide bonds. The van der Waals surface area contributed by atoms with E-state index in [2.05, 4.69) is 5.32 Å². The van der Waals surface area contributed by atoms with Gasteiger partial charge in [-0.2, -0.15) is 0 Å². The van der Waals surface area contributed by atoms with Gasteiger partial charge in [0.25, 0.3) is 0 Å². The number of nitrogens with one attached hydrogen (secondary N) is 1. The Kier molecular flexibility index (Phi) is 4.39. The van der Waals surface area contributed by atoms with Gasteiger partial charge in [0, 0.05) is 7.11 Å². The fourth-order valence-corrected chi connectivity index (χ4v) is 2.57. The summed E-state index contributed by atoms with van der Waals surface area (Å²) in [6, 6.07) is 5.82. The maximum atomic E-state index is 10.7. The standard InChI is InChI=1S/C14H19NO4/c1-18-10-5-3-9-4-6-12(19-2)14(11(9)7-10)15-8-13(16)17/h3,5,7,12,14-15H,4,6,8H2,1-2H3,(H,16,17). The zero-order valence-corrected chi connectivity index (χ0v) is 11.2. The second-order valence-corrected chi connectivity index (χ2v) is 4.63. The van der Waals surface area contributed by atoms with Crippen molar-refractivity contribution in [3.05, 3.63) is 29.3 Å². The van der Waals surface area contributed by atoms with Crippen LogP contribution in [-0.2, 0) is 16.0 Å². The molecule has 1 aliphatic carbocycles. The van der Waals surface area contributed by atoms with Crippen LogP contribution in [0.25, 0.3) is 0 Å². The van der Waals surface area contributed by atoms with Gasteiger partial charge in [0.05, 0.1) is 25.8 Å². The van der Waals surface area contributed by atoms with Crippen molar-refractivity contribution in [2.45, 2.75) is 25.0 Å². The third-order valence-corrected chi connectivity index (χ3v) is 3.53. The van der Waals surface area contributed by atoms with Crippen LogP contribution in [0.2, 0.25) is 0 Å². The molecule has 2 unspecified atom stereocenters. The maximum Gasteiger partial charge on any atom is 0.317 e. The topological polar surface area (TPSA) is 67.8 Å². The van der Waals surface area contributed by atoms with Crippen molar-refractivity contribution >= 4 is 5.97 Å². The van der Waals surface area contributed by atoms with Crippen molar-refractivity contribution in [3.63, 3.8) is 0 Å². The molecule has 5 nitrogen and oxygen atoms in total. The van der Waals surface area contributed by atoms with Gasteiger partial charge in [-0.3, -0.25) is 10.1 Å². The van der Waals surface area contributed by atoms with Gasteiger partial charge in [0.2, 0.25) is 0 Å². The minimum absolute atomic E-state index is 0.0149. The predicted octanol–water partition coefficient (Wildman–Crippen LogP) is 1.37. The monoisotopic (exact) mass is 265 g/mol. The molecule has 2 N–H and O–H groups in total. The Bertz CT molecular complexity index is 461. The SMILES string of the molecule is COc1ccc2c(c1)C(NCC(=O)O)C(OC)CC2. The molecule has 0 aromatic heterocycles. The molecule has 0 spiro atoms. The number of fused-ring (bicyclic) bond motifs is 1. The summed E-state index contributed by atoms with van der Waals surface area (Å²) < 4.78 is 10.7. The second kappa shape index (κ2) is 6.04. The minimum atomic E-state index is -0.870. The number of aryl methyl sites for hydroxylation is 1. The first-order chi connectivity index (χ1) is 9.15. The lowest BCUT2D eigenvalue weighted by Crippen LogP contribution is -2.39. The highest BCUT2D eigenvalue weighted by molar-refractivity contribution is 5.69. The molecule has 0 fully saturated rings. The molecule has 19 heavy (non-hydrogen) atoms. The summed E-state index contributed by atoms with van der Waals surface area (Å²) in [7, 11) is 3.28. The van der Waals surface area contributed by atoms with Crippen molar-refractivity contribution < 1.29 is 19.4 Å². The molecule has 0 heterocycles. The summed E-state index contributed by atoms with van der Waals surface area (Å²) in [4.78, 5) is 10.7. The van der Waals surface area contributed by atoms with E-state index in [1.165, 1.54) is 5.56 Å². The number of carboxylic acid groups (broad SMARTS) is 1. The van der Waals surface area contributed by atoms with Gasteiger partial charge in [-0.25, -0.2) is 0 Å². The molecule has 0 bridgehead atoms. The molecule has 1 aromatic carbocycles. The summed E-state index contributed by atoms with van der Waals surface area (Å²) in [5.74, 6) is -0.0949. The summed E-state index contributed by atoms with van der Waals surface area (Å²) in [6.45, 7) is -0.0822. The van der Waals surface area contributed by atoms with Gasteiger partial charge in [-0.05, 0) is 36.1 Å². The van der Waals surface area contributed by atoms with Gasteiger partial charge < -0.3 is 14.6 Å². The second-order valence-electron chi connectivity index (χ2n) is 4.63. The third-order valence-electron chi connectivity index (χ3n) is 3.53. The Hall–Kier alpha value is -1.59. The van der Waals surface area contributed by atoms with Crippen LogP contribution in [0.1, 0.15) is 23.6 Å². The van der Waals surface area contributed by atoms with Gasteiger partial charge in [-0.15, -0.1) is 0 Å². The lowest BCUT2D eigenvalue weighted by molar-refractivity contribution is -0.136. The smallest absolute Gasteiger partial charge is 0.317 e. The highest BCUT2D eigenvalue weighted by atomic mass is 16.5. The number of hydrogen-bond acceptors (Lipinski definition) is 4. The molecule has 0 saturated heterocycles. The number of benzene rings is 1. The zero-order valence-electron chi connectivity index (χ0n) is 11.2. The van der Waals surface area contributed by atoms with Crippen LogP contribution in [0.4, 0.5) is 0 Å². The van der Waals surface area contributed by atoms with E-state index < -0.39 is 5.97 Å².